The number of halogens is 1. The van der Waals surface area contributed by atoms with Crippen LogP contribution in [0.1, 0.15) is 37.1 Å². The highest BCUT2D eigenvalue weighted by Crippen LogP contribution is 2.43. The summed E-state index contributed by atoms with van der Waals surface area (Å²) in [5, 5.41) is 23.6. The van der Waals surface area contributed by atoms with Crippen LogP contribution in [0.5, 0.6) is 5.75 Å². The van der Waals surface area contributed by atoms with E-state index in [0.29, 0.717) is 23.6 Å². The highest BCUT2D eigenvalue weighted by Gasteiger charge is 2.41. The maximum absolute atomic E-state index is 11.3. The van der Waals surface area contributed by atoms with Gasteiger partial charge in [0.15, 0.2) is 0 Å². The van der Waals surface area contributed by atoms with Crippen LogP contribution in [0.4, 0.5) is 0 Å². The average Bonchev–Trinajstić information content (AvgIpc) is 2.92. The number of aliphatic hydroxyl groups is 1. The largest absolute Gasteiger partial charge is 0.496 e. The molecule has 23 heavy (non-hydrogen) atoms. The predicted molar refractivity (Wildman–Crippen MR) is 87.5 cm³/mol. The van der Waals surface area contributed by atoms with E-state index < -0.39 is 5.60 Å². The summed E-state index contributed by atoms with van der Waals surface area (Å²) in [6, 6.07) is 5.41. The van der Waals surface area contributed by atoms with Crippen LogP contribution in [0.3, 0.4) is 0 Å². The molecule has 2 aromatic rings. The Labute approximate surface area is 140 Å². The highest BCUT2D eigenvalue weighted by molar-refractivity contribution is 6.30. The van der Waals surface area contributed by atoms with Gasteiger partial charge in [-0.2, -0.15) is 0 Å². The number of ether oxygens (including phenoxy) is 1. The second-order valence-corrected chi connectivity index (χ2v) is 6.66. The minimum atomic E-state index is -1.01. The van der Waals surface area contributed by atoms with Crippen LogP contribution in [0.15, 0.2) is 24.4 Å². The number of piperidine rings is 1. The number of aromatic nitrogens is 3. The molecule has 1 aliphatic rings. The van der Waals surface area contributed by atoms with E-state index >= 15 is 0 Å². The molecule has 1 aliphatic heterocycles. The average molecular weight is 337 g/mol. The number of nitrogens with zero attached hydrogens (tertiary/aromatic N) is 3. The lowest BCUT2D eigenvalue weighted by Crippen LogP contribution is -2.47. The van der Waals surface area contributed by atoms with Crippen molar-refractivity contribution in [3.8, 4) is 5.75 Å². The molecular weight excluding hydrogens is 316 g/mol. The van der Waals surface area contributed by atoms with Gasteiger partial charge in [0.1, 0.15) is 5.75 Å². The first-order valence-electron chi connectivity index (χ1n) is 7.60. The number of benzene rings is 1. The second kappa shape index (κ2) is 6.11. The molecule has 3 atom stereocenters. The maximum Gasteiger partial charge on any atom is 0.126 e. The van der Waals surface area contributed by atoms with Crippen LogP contribution < -0.4 is 10.1 Å². The van der Waals surface area contributed by atoms with Gasteiger partial charge in [-0.1, -0.05) is 22.9 Å². The zero-order valence-electron chi connectivity index (χ0n) is 13.5. The molecule has 0 spiro atoms. The van der Waals surface area contributed by atoms with E-state index in [9.17, 15) is 5.11 Å². The summed E-state index contributed by atoms with van der Waals surface area (Å²) < 4.78 is 7.09. The van der Waals surface area contributed by atoms with Crippen molar-refractivity contribution in [2.24, 2.45) is 7.05 Å². The molecule has 124 valence electrons. The zero-order valence-corrected chi connectivity index (χ0v) is 14.2. The van der Waals surface area contributed by atoms with Crippen molar-refractivity contribution >= 4 is 11.6 Å². The fraction of sp³-hybridized carbons (Fsp3) is 0.500. The van der Waals surface area contributed by atoms with Crippen molar-refractivity contribution < 1.29 is 9.84 Å². The SMILES string of the molecule is COc1cc(Cl)ccc1[C@@]1(O)C[C@@H](c2cn(C)nn2)N[C@@H](C)C1. The molecule has 3 rings (SSSR count). The third-order valence-corrected chi connectivity index (χ3v) is 4.55. The molecule has 1 aromatic heterocycles. The van der Waals surface area contributed by atoms with Gasteiger partial charge in [0.25, 0.3) is 0 Å². The lowest BCUT2D eigenvalue weighted by molar-refractivity contribution is -0.0251. The second-order valence-electron chi connectivity index (χ2n) is 6.22. The van der Waals surface area contributed by atoms with Crippen LogP contribution in [0, 0.1) is 0 Å². The normalized spacial score (nSPS) is 27.9. The highest BCUT2D eigenvalue weighted by atomic mass is 35.5. The fourth-order valence-corrected chi connectivity index (χ4v) is 3.54. The quantitative estimate of drug-likeness (QED) is 0.898. The Hall–Kier alpha value is -1.63. The minimum absolute atomic E-state index is 0.0714. The van der Waals surface area contributed by atoms with Crippen molar-refractivity contribution in [3.05, 3.63) is 40.7 Å². The number of aryl methyl sites for hydroxylation is 1. The monoisotopic (exact) mass is 336 g/mol. The summed E-state index contributed by atoms with van der Waals surface area (Å²) in [7, 11) is 3.42. The first kappa shape index (κ1) is 16.2. The van der Waals surface area contributed by atoms with Crippen molar-refractivity contribution in [1.29, 1.82) is 0 Å². The summed E-state index contributed by atoms with van der Waals surface area (Å²) in [5.41, 5.74) is 0.569. The van der Waals surface area contributed by atoms with Gasteiger partial charge in [0, 0.05) is 36.3 Å². The molecule has 0 bridgehead atoms. The molecule has 0 saturated carbocycles. The predicted octanol–water partition coefficient (Wildman–Crippen LogP) is 2.18. The van der Waals surface area contributed by atoms with Gasteiger partial charge in [-0.05, 0) is 25.5 Å². The van der Waals surface area contributed by atoms with Gasteiger partial charge in [0.2, 0.25) is 0 Å². The van der Waals surface area contributed by atoms with E-state index in [1.165, 1.54) is 0 Å². The molecule has 6 nitrogen and oxygen atoms in total. The van der Waals surface area contributed by atoms with Crippen molar-refractivity contribution in [2.45, 2.75) is 37.5 Å². The molecule has 1 aromatic carbocycles. The van der Waals surface area contributed by atoms with Gasteiger partial charge in [-0.25, -0.2) is 0 Å². The molecule has 1 fully saturated rings. The van der Waals surface area contributed by atoms with Crippen LogP contribution in [-0.4, -0.2) is 33.3 Å². The van der Waals surface area contributed by atoms with Crippen LogP contribution in [0.2, 0.25) is 5.02 Å². The topological polar surface area (TPSA) is 72.2 Å². The summed E-state index contributed by atoms with van der Waals surface area (Å²) in [5.74, 6) is 0.604. The Morgan fingerprint density at radius 1 is 1.43 bits per heavy atom. The van der Waals surface area contributed by atoms with Gasteiger partial charge in [0.05, 0.1) is 24.4 Å². The Balaban J connectivity index is 1.96. The maximum atomic E-state index is 11.3. The minimum Gasteiger partial charge on any atom is -0.496 e. The van der Waals surface area contributed by atoms with E-state index in [1.807, 2.05) is 19.3 Å². The number of hydrogen-bond acceptors (Lipinski definition) is 5. The molecular formula is C16H21ClN4O2. The number of nitrogens with one attached hydrogen (secondary N) is 1. The Kier molecular flexibility index (Phi) is 4.31. The van der Waals surface area contributed by atoms with Crippen molar-refractivity contribution in [3.63, 3.8) is 0 Å². The Morgan fingerprint density at radius 3 is 2.87 bits per heavy atom. The summed E-state index contributed by atoms with van der Waals surface area (Å²) in [4.78, 5) is 0. The van der Waals surface area contributed by atoms with Gasteiger partial charge >= 0.3 is 0 Å². The van der Waals surface area contributed by atoms with Gasteiger partial charge in [-0.15, -0.1) is 5.10 Å². The van der Waals surface area contributed by atoms with Crippen molar-refractivity contribution in [1.82, 2.24) is 20.3 Å². The fourth-order valence-electron chi connectivity index (χ4n) is 3.37. The molecule has 1 saturated heterocycles. The van der Waals surface area contributed by atoms with E-state index in [1.54, 1.807) is 23.9 Å². The molecule has 7 heteroatoms. The number of hydrogen-bond donors (Lipinski definition) is 2. The molecule has 0 unspecified atom stereocenters. The lowest BCUT2D eigenvalue weighted by atomic mass is 9.78. The summed E-state index contributed by atoms with van der Waals surface area (Å²) >= 11 is 6.04. The Morgan fingerprint density at radius 2 is 2.22 bits per heavy atom. The standard InChI is InChI=1S/C16H21ClN4O2/c1-10-7-16(22,12-5-4-11(17)6-15(12)23-3)8-13(18-10)14-9-21(2)20-19-14/h4-6,9-10,13,18,22H,7-8H2,1-3H3/t10-,13-,16-/m0/s1. The molecule has 2 N–H and O–H groups in total. The number of methoxy groups -OCH3 is 1. The van der Waals surface area contributed by atoms with E-state index in [4.69, 9.17) is 16.3 Å². The summed E-state index contributed by atoms with van der Waals surface area (Å²) in [6.45, 7) is 2.05. The molecule has 2 heterocycles. The van der Waals surface area contributed by atoms with E-state index in [2.05, 4.69) is 22.6 Å². The summed E-state index contributed by atoms with van der Waals surface area (Å²) in [6.07, 6.45) is 2.95. The lowest BCUT2D eigenvalue weighted by Gasteiger charge is -2.41. The van der Waals surface area contributed by atoms with Crippen LogP contribution >= 0.6 is 11.6 Å². The third-order valence-electron chi connectivity index (χ3n) is 4.31. The van der Waals surface area contributed by atoms with Crippen LogP contribution in [-0.2, 0) is 12.6 Å². The van der Waals surface area contributed by atoms with Gasteiger partial charge < -0.3 is 15.2 Å². The smallest absolute Gasteiger partial charge is 0.126 e. The third kappa shape index (κ3) is 3.20. The molecule has 0 radical (unpaired) electrons. The first-order valence-corrected chi connectivity index (χ1v) is 7.98. The van der Waals surface area contributed by atoms with Crippen molar-refractivity contribution in [2.75, 3.05) is 7.11 Å². The first-order chi connectivity index (χ1) is 10.9. The van der Waals surface area contributed by atoms with Gasteiger partial charge in [-0.3, -0.25) is 4.68 Å². The van der Waals surface area contributed by atoms with E-state index in [0.717, 1.165) is 11.3 Å². The number of rotatable bonds is 3. The van der Waals surface area contributed by atoms with Crippen LogP contribution in [0.25, 0.3) is 0 Å². The Bertz CT molecular complexity index is 705. The zero-order chi connectivity index (χ0) is 16.6. The van der Waals surface area contributed by atoms with E-state index in [-0.39, 0.29) is 12.1 Å². The molecule has 0 aliphatic carbocycles. The molecule has 0 amide bonds.